The number of aryl methyl sites for hydroxylation is 3. The van der Waals surface area contributed by atoms with Gasteiger partial charge >= 0.3 is 0 Å². The maximum absolute atomic E-state index is 12.7. The van der Waals surface area contributed by atoms with Crippen molar-refractivity contribution in [3.63, 3.8) is 0 Å². The van der Waals surface area contributed by atoms with Gasteiger partial charge in [0.25, 0.3) is 0 Å². The van der Waals surface area contributed by atoms with Crippen LogP contribution in [0.4, 0.5) is 5.69 Å². The smallest absolute Gasteiger partial charge is 0.227 e. The third-order valence-corrected chi connectivity index (χ3v) is 4.61. The van der Waals surface area contributed by atoms with Crippen LogP contribution in [0.2, 0.25) is 0 Å². The predicted octanol–water partition coefficient (Wildman–Crippen LogP) is 5.19. The molecule has 24 heavy (non-hydrogen) atoms. The fourth-order valence-electron chi connectivity index (χ4n) is 3.07. The van der Waals surface area contributed by atoms with E-state index in [1.165, 1.54) is 22.3 Å². The van der Waals surface area contributed by atoms with E-state index in [0.717, 1.165) is 31.4 Å². The Morgan fingerprint density at radius 1 is 0.917 bits per heavy atom. The van der Waals surface area contributed by atoms with Crippen LogP contribution >= 0.6 is 0 Å². The Kier molecular flexibility index (Phi) is 6.60. The largest absolute Gasteiger partial charge is 0.325 e. The zero-order valence-electron chi connectivity index (χ0n) is 15.4. The minimum absolute atomic E-state index is 0.0485. The second kappa shape index (κ2) is 8.68. The number of benzene rings is 2. The molecular formula is C22H29NO. The third-order valence-electron chi connectivity index (χ3n) is 4.61. The normalized spacial score (nSPS) is 12.0. The molecule has 0 heterocycles. The number of carbonyl (C=O) groups is 1. The minimum Gasteiger partial charge on any atom is -0.325 e. The van der Waals surface area contributed by atoms with Crippen molar-refractivity contribution in [3.05, 3.63) is 64.7 Å². The molecule has 0 saturated heterocycles. The Morgan fingerprint density at radius 3 is 2.00 bits per heavy atom. The highest BCUT2D eigenvalue weighted by Crippen LogP contribution is 2.26. The van der Waals surface area contributed by atoms with E-state index in [0.29, 0.717) is 0 Å². The number of amides is 1. The first-order chi connectivity index (χ1) is 11.6. The molecule has 2 rings (SSSR count). The van der Waals surface area contributed by atoms with E-state index in [1.54, 1.807) is 0 Å². The average Bonchev–Trinajstić information content (AvgIpc) is 2.62. The van der Waals surface area contributed by atoms with Crippen LogP contribution in [-0.4, -0.2) is 5.91 Å². The number of anilines is 1. The first-order valence-corrected chi connectivity index (χ1v) is 9.08. The SMILES string of the molecule is CCc1cc(CC)c(NC(=O)[C@@H](C)Cc2ccccc2)c(CC)c1. The monoisotopic (exact) mass is 323 g/mol. The van der Waals surface area contributed by atoms with Gasteiger partial charge in [0.2, 0.25) is 5.91 Å². The zero-order valence-corrected chi connectivity index (χ0v) is 15.4. The van der Waals surface area contributed by atoms with E-state index < -0.39 is 0 Å². The minimum atomic E-state index is -0.0485. The lowest BCUT2D eigenvalue weighted by Crippen LogP contribution is -2.23. The second-order valence-corrected chi connectivity index (χ2v) is 6.43. The Morgan fingerprint density at radius 2 is 1.50 bits per heavy atom. The Hall–Kier alpha value is -2.09. The molecule has 0 aliphatic carbocycles. The first kappa shape index (κ1) is 18.3. The average molecular weight is 323 g/mol. The summed E-state index contributed by atoms with van der Waals surface area (Å²) in [5, 5.41) is 3.21. The summed E-state index contributed by atoms with van der Waals surface area (Å²) < 4.78 is 0. The third kappa shape index (κ3) is 4.47. The standard InChI is InChI=1S/C22H29NO/c1-5-17-14-19(6-2)21(20(7-3)15-17)23-22(24)16(4)13-18-11-9-8-10-12-18/h8-12,14-16H,5-7,13H2,1-4H3,(H,23,24)/t16-/m0/s1. The summed E-state index contributed by atoms with van der Waals surface area (Å²) in [6.07, 6.45) is 3.66. The molecule has 0 bridgehead atoms. The van der Waals surface area contributed by atoms with Gasteiger partial charge in [0.05, 0.1) is 0 Å². The van der Waals surface area contributed by atoms with E-state index in [4.69, 9.17) is 0 Å². The highest BCUT2D eigenvalue weighted by molar-refractivity contribution is 5.94. The molecule has 2 heteroatoms. The highest BCUT2D eigenvalue weighted by Gasteiger charge is 2.17. The quantitative estimate of drug-likeness (QED) is 0.746. The number of hydrogen-bond donors (Lipinski definition) is 1. The molecule has 1 atom stereocenters. The fraction of sp³-hybridized carbons (Fsp3) is 0.409. The lowest BCUT2D eigenvalue weighted by Gasteiger charge is -2.19. The second-order valence-electron chi connectivity index (χ2n) is 6.43. The number of rotatable bonds is 7. The summed E-state index contributed by atoms with van der Waals surface area (Å²) in [6.45, 7) is 8.48. The topological polar surface area (TPSA) is 29.1 Å². The molecule has 2 aromatic carbocycles. The van der Waals surface area contributed by atoms with Crippen molar-refractivity contribution in [1.29, 1.82) is 0 Å². The molecule has 0 unspecified atom stereocenters. The van der Waals surface area contributed by atoms with Crippen LogP contribution in [-0.2, 0) is 30.5 Å². The summed E-state index contributed by atoms with van der Waals surface area (Å²) in [5.74, 6) is 0.0557. The van der Waals surface area contributed by atoms with Crippen LogP contribution in [0.5, 0.6) is 0 Å². The van der Waals surface area contributed by atoms with Gasteiger partial charge in [-0.3, -0.25) is 4.79 Å². The molecule has 0 aliphatic rings. The van der Waals surface area contributed by atoms with Gasteiger partial charge in [0, 0.05) is 11.6 Å². The molecular weight excluding hydrogens is 294 g/mol. The Balaban J connectivity index is 2.18. The molecule has 0 saturated carbocycles. The number of nitrogens with one attached hydrogen (secondary N) is 1. The van der Waals surface area contributed by atoms with Crippen molar-refractivity contribution in [2.75, 3.05) is 5.32 Å². The van der Waals surface area contributed by atoms with Crippen molar-refractivity contribution >= 4 is 11.6 Å². The molecule has 128 valence electrons. The zero-order chi connectivity index (χ0) is 17.5. The Labute approximate surface area is 146 Å². The molecule has 0 aliphatic heterocycles. The van der Waals surface area contributed by atoms with Gasteiger partial charge in [0.1, 0.15) is 0 Å². The van der Waals surface area contributed by atoms with Gasteiger partial charge in [0.15, 0.2) is 0 Å². The van der Waals surface area contributed by atoms with Crippen molar-refractivity contribution in [3.8, 4) is 0 Å². The molecule has 2 aromatic rings. The van der Waals surface area contributed by atoms with E-state index in [1.807, 2.05) is 25.1 Å². The fourth-order valence-corrected chi connectivity index (χ4v) is 3.07. The van der Waals surface area contributed by atoms with Crippen molar-refractivity contribution in [1.82, 2.24) is 0 Å². The van der Waals surface area contributed by atoms with E-state index in [2.05, 4.69) is 50.4 Å². The molecule has 0 radical (unpaired) electrons. The van der Waals surface area contributed by atoms with Crippen LogP contribution in [0.1, 0.15) is 49.9 Å². The highest BCUT2D eigenvalue weighted by atomic mass is 16.1. The van der Waals surface area contributed by atoms with Crippen LogP contribution in [0.25, 0.3) is 0 Å². The van der Waals surface area contributed by atoms with Gasteiger partial charge in [-0.1, -0.05) is 70.2 Å². The van der Waals surface area contributed by atoms with E-state index in [-0.39, 0.29) is 11.8 Å². The van der Waals surface area contributed by atoms with Crippen molar-refractivity contribution in [2.24, 2.45) is 5.92 Å². The van der Waals surface area contributed by atoms with Gasteiger partial charge in [-0.05, 0) is 47.9 Å². The van der Waals surface area contributed by atoms with Crippen LogP contribution < -0.4 is 5.32 Å². The van der Waals surface area contributed by atoms with Gasteiger partial charge < -0.3 is 5.32 Å². The lowest BCUT2D eigenvalue weighted by molar-refractivity contribution is -0.119. The maximum Gasteiger partial charge on any atom is 0.227 e. The lowest BCUT2D eigenvalue weighted by atomic mass is 9.96. The van der Waals surface area contributed by atoms with E-state index in [9.17, 15) is 4.79 Å². The molecule has 2 nitrogen and oxygen atoms in total. The molecule has 1 amide bonds. The number of hydrogen-bond acceptors (Lipinski definition) is 1. The maximum atomic E-state index is 12.7. The van der Waals surface area contributed by atoms with Crippen molar-refractivity contribution in [2.45, 2.75) is 53.4 Å². The summed E-state index contributed by atoms with van der Waals surface area (Å²) in [7, 11) is 0. The van der Waals surface area contributed by atoms with Crippen LogP contribution in [0.3, 0.4) is 0 Å². The van der Waals surface area contributed by atoms with Crippen LogP contribution in [0, 0.1) is 5.92 Å². The summed E-state index contributed by atoms with van der Waals surface area (Å²) in [5.41, 5.74) is 6.06. The molecule has 0 aromatic heterocycles. The molecule has 0 fully saturated rings. The van der Waals surface area contributed by atoms with Crippen LogP contribution in [0.15, 0.2) is 42.5 Å². The first-order valence-electron chi connectivity index (χ1n) is 9.08. The van der Waals surface area contributed by atoms with E-state index >= 15 is 0 Å². The molecule has 1 N–H and O–H groups in total. The predicted molar refractivity (Wildman–Crippen MR) is 103 cm³/mol. The summed E-state index contributed by atoms with van der Waals surface area (Å²) >= 11 is 0. The van der Waals surface area contributed by atoms with Gasteiger partial charge in [-0.25, -0.2) is 0 Å². The summed E-state index contributed by atoms with van der Waals surface area (Å²) in [4.78, 5) is 12.7. The molecule has 0 spiro atoms. The van der Waals surface area contributed by atoms with Gasteiger partial charge in [-0.15, -0.1) is 0 Å². The van der Waals surface area contributed by atoms with Gasteiger partial charge in [-0.2, -0.15) is 0 Å². The number of carbonyl (C=O) groups excluding carboxylic acids is 1. The van der Waals surface area contributed by atoms with Crippen molar-refractivity contribution < 1.29 is 4.79 Å². The summed E-state index contributed by atoms with van der Waals surface area (Å²) in [6, 6.07) is 14.7. The Bertz CT molecular complexity index is 651.